The van der Waals surface area contributed by atoms with E-state index in [0.717, 1.165) is 31.3 Å². The average molecular weight is 438 g/mol. The summed E-state index contributed by atoms with van der Waals surface area (Å²) in [4.78, 5) is 32.2. The maximum absolute atomic E-state index is 13.0. The summed E-state index contributed by atoms with van der Waals surface area (Å²) in [6, 6.07) is 19.7. The fourth-order valence-electron chi connectivity index (χ4n) is 3.95. The highest BCUT2D eigenvalue weighted by atomic mass is 16.5. The van der Waals surface area contributed by atoms with E-state index in [9.17, 15) is 9.59 Å². The predicted octanol–water partition coefficient (Wildman–Crippen LogP) is 5.54. The molecule has 6 nitrogen and oxygen atoms in total. The molecule has 0 radical (unpaired) electrons. The van der Waals surface area contributed by atoms with Crippen molar-refractivity contribution in [3.05, 3.63) is 95.9 Å². The van der Waals surface area contributed by atoms with Gasteiger partial charge in [0.05, 0.1) is 0 Å². The van der Waals surface area contributed by atoms with E-state index in [1.165, 1.54) is 6.08 Å². The van der Waals surface area contributed by atoms with Gasteiger partial charge in [0.1, 0.15) is 22.7 Å². The van der Waals surface area contributed by atoms with Gasteiger partial charge in [0.15, 0.2) is 5.76 Å². The number of esters is 1. The number of anilines is 1. The van der Waals surface area contributed by atoms with Crippen LogP contribution < -0.4 is 9.64 Å². The number of hydrogen-bond acceptors (Lipinski definition) is 6. The summed E-state index contributed by atoms with van der Waals surface area (Å²) in [5.74, 6) is 0.526. The molecule has 0 amide bonds. The van der Waals surface area contributed by atoms with E-state index >= 15 is 0 Å². The van der Waals surface area contributed by atoms with Crippen molar-refractivity contribution in [3.8, 4) is 5.75 Å². The molecule has 1 fully saturated rings. The van der Waals surface area contributed by atoms with Crippen LogP contribution in [0.25, 0.3) is 17.0 Å². The van der Waals surface area contributed by atoms with Gasteiger partial charge in [0.2, 0.25) is 5.78 Å². The number of furan rings is 1. The minimum Gasteiger partial charge on any atom is -0.453 e. The summed E-state index contributed by atoms with van der Waals surface area (Å²) in [5.41, 5.74) is 1.70. The number of carbonyl (C=O) groups excluding carboxylic acids is 2. The Balaban J connectivity index is 1.36. The number of benzene rings is 2. The predicted molar refractivity (Wildman–Crippen MR) is 127 cm³/mol. The summed E-state index contributed by atoms with van der Waals surface area (Å²) in [6.45, 7) is 1.75. The lowest BCUT2D eigenvalue weighted by atomic mass is 10.1. The molecular formula is C27H22N2O4. The van der Waals surface area contributed by atoms with Crippen molar-refractivity contribution in [1.29, 1.82) is 0 Å². The monoisotopic (exact) mass is 438 g/mol. The number of nitrogens with zero attached hydrogens (tertiary/aromatic N) is 2. The zero-order valence-electron chi connectivity index (χ0n) is 17.9. The van der Waals surface area contributed by atoms with E-state index in [1.807, 2.05) is 30.3 Å². The highest BCUT2D eigenvalue weighted by Crippen LogP contribution is 2.26. The minimum absolute atomic E-state index is 0.257. The van der Waals surface area contributed by atoms with Crippen LogP contribution in [0.4, 0.5) is 5.82 Å². The van der Waals surface area contributed by atoms with E-state index in [-0.39, 0.29) is 11.5 Å². The van der Waals surface area contributed by atoms with Crippen molar-refractivity contribution in [2.75, 3.05) is 18.0 Å². The Morgan fingerprint density at radius 1 is 0.970 bits per heavy atom. The molecule has 0 atom stereocenters. The minimum atomic E-state index is -0.477. The van der Waals surface area contributed by atoms with Crippen LogP contribution in [0.2, 0.25) is 0 Å². The van der Waals surface area contributed by atoms with Crippen molar-refractivity contribution in [1.82, 2.24) is 4.98 Å². The van der Waals surface area contributed by atoms with Crippen LogP contribution >= 0.6 is 0 Å². The summed E-state index contributed by atoms with van der Waals surface area (Å²) in [7, 11) is 0. The first-order valence-corrected chi connectivity index (χ1v) is 10.9. The number of rotatable bonds is 6. The first-order valence-electron chi connectivity index (χ1n) is 10.9. The molecule has 4 aromatic rings. The van der Waals surface area contributed by atoms with Crippen molar-refractivity contribution in [3.63, 3.8) is 0 Å². The van der Waals surface area contributed by atoms with Crippen LogP contribution in [0.5, 0.6) is 5.75 Å². The van der Waals surface area contributed by atoms with Crippen molar-refractivity contribution >= 4 is 34.6 Å². The number of para-hydroxylation sites is 2. The quantitative estimate of drug-likeness (QED) is 0.170. The van der Waals surface area contributed by atoms with E-state index < -0.39 is 5.97 Å². The smallest absolute Gasteiger partial charge is 0.347 e. The number of carbonyl (C=O) groups is 2. The molecule has 0 bridgehead atoms. The van der Waals surface area contributed by atoms with Gasteiger partial charge in [-0.15, -0.1) is 0 Å². The maximum atomic E-state index is 13.0. The maximum Gasteiger partial charge on any atom is 0.347 e. The number of ether oxygens (including phenoxy) is 1. The Labute approximate surface area is 191 Å². The van der Waals surface area contributed by atoms with Crippen LogP contribution in [-0.2, 0) is 0 Å². The number of aromatic nitrogens is 1. The second kappa shape index (κ2) is 9.12. The number of allylic oxidation sites excluding steroid dienone is 1. The lowest BCUT2D eigenvalue weighted by molar-refractivity contribution is 0.0734. The highest BCUT2D eigenvalue weighted by molar-refractivity contribution is 6.07. The average Bonchev–Trinajstić information content (AvgIpc) is 3.53. The molecule has 0 unspecified atom stereocenters. The normalized spacial score (nSPS) is 13.6. The number of fused-ring (bicyclic) bond motifs is 1. The van der Waals surface area contributed by atoms with Gasteiger partial charge in [-0.05, 0) is 55.3 Å². The number of ketones is 1. The van der Waals surface area contributed by atoms with Crippen LogP contribution in [0.3, 0.4) is 0 Å². The second-order valence-electron chi connectivity index (χ2n) is 7.84. The molecule has 1 aliphatic rings. The fourth-order valence-corrected chi connectivity index (χ4v) is 3.95. The largest absolute Gasteiger partial charge is 0.453 e. The van der Waals surface area contributed by atoms with Gasteiger partial charge in [-0.25, -0.2) is 9.78 Å². The highest BCUT2D eigenvalue weighted by Gasteiger charge is 2.22. The van der Waals surface area contributed by atoms with Crippen LogP contribution in [-0.4, -0.2) is 29.8 Å². The zero-order valence-corrected chi connectivity index (χ0v) is 17.9. The lowest BCUT2D eigenvalue weighted by Gasteiger charge is -2.19. The molecule has 2 aromatic carbocycles. The van der Waals surface area contributed by atoms with Crippen molar-refractivity contribution in [2.45, 2.75) is 12.8 Å². The molecule has 1 aliphatic heterocycles. The van der Waals surface area contributed by atoms with E-state index in [1.54, 1.807) is 48.7 Å². The van der Waals surface area contributed by atoms with Gasteiger partial charge in [-0.3, -0.25) is 4.79 Å². The molecular weight excluding hydrogens is 416 g/mol. The first-order chi connectivity index (χ1) is 16.2. The molecule has 6 heteroatoms. The van der Waals surface area contributed by atoms with E-state index in [2.05, 4.69) is 9.88 Å². The molecule has 5 rings (SSSR count). The summed E-state index contributed by atoms with van der Waals surface area (Å²) in [6.07, 6.45) is 6.90. The third-order valence-corrected chi connectivity index (χ3v) is 5.62. The van der Waals surface area contributed by atoms with Crippen molar-refractivity contribution in [2.24, 2.45) is 0 Å². The Morgan fingerprint density at radius 2 is 1.76 bits per heavy atom. The van der Waals surface area contributed by atoms with Gasteiger partial charge in [-0.1, -0.05) is 36.4 Å². The molecule has 0 saturated carbocycles. The molecule has 0 N–H and O–H groups in total. The summed E-state index contributed by atoms with van der Waals surface area (Å²) in [5, 5.41) is 0.869. The SMILES string of the molecule is O=C(C=Cc1ccccc1OC(=O)c1cccnc1N1CCCC1)c1cc2ccccc2o1. The Bertz CT molecular complexity index is 1320. The molecule has 0 spiro atoms. The van der Waals surface area contributed by atoms with Gasteiger partial charge in [0, 0.05) is 30.2 Å². The van der Waals surface area contributed by atoms with Crippen molar-refractivity contribution < 1.29 is 18.7 Å². The van der Waals surface area contributed by atoms with E-state index in [0.29, 0.717) is 28.3 Å². The first kappa shape index (κ1) is 20.7. The zero-order chi connectivity index (χ0) is 22.6. The Hall–Kier alpha value is -4.19. The van der Waals surface area contributed by atoms with Gasteiger partial charge >= 0.3 is 5.97 Å². The molecule has 3 heterocycles. The summed E-state index contributed by atoms with van der Waals surface area (Å²) < 4.78 is 11.4. The van der Waals surface area contributed by atoms with Crippen LogP contribution in [0.1, 0.15) is 39.3 Å². The molecule has 33 heavy (non-hydrogen) atoms. The van der Waals surface area contributed by atoms with E-state index in [4.69, 9.17) is 9.15 Å². The lowest BCUT2D eigenvalue weighted by Crippen LogP contribution is -2.23. The standard InChI is InChI=1S/C27H22N2O4/c30-22(25-18-20-9-2-4-12-24(20)32-25)14-13-19-8-1-3-11-23(19)33-27(31)21-10-7-15-28-26(21)29-16-5-6-17-29/h1-4,7-15,18H,5-6,16-17H2. The molecule has 164 valence electrons. The molecule has 2 aromatic heterocycles. The van der Waals surface area contributed by atoms with Gasteiger partial charge < -0.3 is 14.1 Å². The summed E-state index contributed by atoms with van der Waals surface area (Å²) >= 11 is 0. The van der Waals surface area contributed by atoms with Crippen LogP contribution in [0, 0.1) is 0 Å². The number of hydrogen-bond donors (Lipinski definition) is 0. The Kier molecular flexibility index (Phi) is 5.72. The van der Waals surface area contributed by atoms with Gasteiger partial charge in [-0.2, -0.15) is 0 Å². The van der Waals surface area contributed by atoms with Gasteiger partial charge in [0.25, 0.3) is 0 Å². The topological polar surface area (TPSA) is 72.6 Å². The second-order valence-corrected chi connectivity index (χ2v) is 7.84. The third-order valence-electron chi connectivity index (χ3n) is 5.62. The number of pyridine rings is 1. The molecule has 0 aliphatic carbocycles. The molecule has 1 saturated heterocycles. The third kappa shape index (κ3) is 4.41. The fraction of sp³-hybridized carbons (Fsp3) is 0.148. The van der Waals surface area contributed by atoms with Crippen LogP contribution in [0.15, 0.2) is 83.4 Å². The Morgan fingerprint density at radius 3 is 2.61 bits per heavy atom.